The number of nitrogens with zero attached hydrogens (tertiary/aromatic N) is 3. The van der Waals surface area contributed by atoms with Gasteiger partial charge in [-0.25, -0.2) is 0 Å². The Bertz CT molecular complexity index is 425. The molecular formula is C14H20ClN3O. The monoisotopic (exact) mass is 281 g/mol. The van der Waals surface area contributed by atoms with Gasteiger partial charge in [-0.1, -0.05) is 28.9 Å². The summed E-state index contributed by atoms with van der Waals surface area (Å²) in [4.78, 5) is 9.70. The van der Waals surface area contributed by atoms with Crippen LogP contribution in [-0.4, -0.2) is 62.4 Å². The van der Waals surface area contributed by atoms with E-state index in [1.54, 1.807) is 7.11 Å². The zero-order valence-corrected chi connectivity index (χ0v) is 12.2. The molecule has 4 nitrogen and oxygen atoms in total. The number of halogens is 1. The molecule has 0 saturated carbocycles. The molecule has 19 heavy (non-hydrogen) atoms. The molecule has 5 heteroatoms. The van der Waals surface area contributed by atoms with E-state index in [0.29, 0.717) is 0 Å². The molecule has 0 bridgehead atoms. The summed E-state index contributed by atoms with van der Waals surface area (Å²) in [5, 5.41) is 4.89. The van der Waals surface area contributed by atoms with Gasteiger partial charge >= 0.3 is 0 Å². The molecule has 1 aliphatic heterocycles. The van der Waals surface area contributed by atoms with Gasteiger partial charge in [0.2, 0.25) is 0 Å². The fraction of sp³-hybridized carbons (Fsp3) is 0.500. The molecule has 0 spiro atoms. The van der Waals surface area contributed by atoms with Crippen molar-refractivity contribution in [3.63, 3.8) is 0 Å². The Balaban J connectivity index is 2.04. The van der Waals surface area contributed by atoms with E-state index in [2.05, 4.69) is 22.0 Å². The summed E-state index contributed by atoms with van der Waals surface area (Å²) in [6, 6.07) is 7.73. The summed E-state index contributed by atoms with van der Waals surface area (Å²) >= 11 is 5.91. The zero-order chi connectivity index (χ0) is 13.7. The zero-order valence-electron chi connectivity index (χ0n) is 11.5. The molecule has 1 heterocycles. The van der Waals surface area contributed by atoms with Gasteiger partial charge in [0.1, 0.15) is 12.8 Å². The van der Waals surface area contributed by atoms with Crippen LogP contribution in [0.3, 0.4) is 0 Å². The fourth-order valence-corrected chi connectivity index (χ4v) is 2.27. The number of likely N-dealkylation sites (N-methyl/N-ethyl adjacent to an activating group) is 1. The summed E-state index contributed by atoms with van der Waals surface area (Å²) in [5.41, 5.74) is 2.01. The first-order chi connectivity index (χ1) is 9.19. The van der Waals surface area contributed by atoms with Gasteiger partial charge in [-0.05, 0) is 19.2 Å². The second kappa shape index (κ2) is 6.89. The van der Waals surface area contributed by atoms with E-state index < -0.39 is 0 Å². The fourth-order valence-electron chi connectivity index (χ4n) is 2.14. The minimum Gasteiger partial charge on any atom is -0.399 e. The minimum atomic E-state index is 0.736. The number of benzene rings is 1. The highest BCUT2D eigenvalue weighted by Gasteiger charge is 2.16. The van der Waals surface area contributed by atoms with Crippen molar-refractivity contribution >= 4 is 17.3 Å². The van der Waals surface area contributed by atoms with Crippen LogP contribution < -0.4 is 0 Å². The van der Waals surface area contributed by atoms with E-state index in [1.165, 1.54) is 0 Å². The summed E-state index contributed by atoms with van der Waals surface area (Å²) < 4.78 is 0. The SMILES string of the molecule is CO/N=C(/CN1CCN(C)CC1)c1ccc(Cl)cc1. The van der Waals surface area contributed by atoms with Crippen LogP contribution in [0.2, 0.25) is 5.02 Å². The van der Waals surface area contributed by atoms with E-state index in [0.717, 1.165) is 49.0 Å². The molecule has 104 valence electrons. The standard InChI is InChI=1S/C14H20ClN3O/c1-17-7-9-18(10-8-17)11-14(16-19-2)12-3-5-13(15)6-4-12/h3-6H,7-11H2,1-2H3/b16-14-. The third kappa shape index (κ3) is 4.20. The van der Waals surface area contributed by atoms with Gasteiger partial charge in [-0.2, -0.15) is 0 Å². The lowest BCUT2D eigenvalue weighted by molar-refractivity contribution is 0.166. The summed E-state index contributed by atoms with van der Waals surface area (Å²) in [5.74, 6) is 0. The van der Waals surface area contributed by atoms with Crippen LogP contribution in [-0.2, 0) is 4.84 Å². The molecule has 0 N–H and O–H groups in total. The Kier molecular flexibility index (Phi) is 5.19. The maximum Gasteiger partial charge on any atom is 0.106 e. The van der Waals surface area contributed by atoms with Crippen molar-refractivity contribution in [2.75, 3.05) is 46.9 Å². The number of hydrogen-bond acceptors (Lipinski definition) is 4. The predicted octanol–water partition coefficient (Wildman–Crippen LogP) is 1.94. The molecule has 0 aromatic heterocycles. The van der Waals surface area contributed by atoms with Crippen LogP contribution >= 0.6 is 11.6 Å². The molecule has 1 aromatic rings. The molecule has 1 aromatic carbocycles. The van der Waals surface area contributed by atoms with Gasteiger partial charge in [-0.3, -0.25) is 4.90 Å². The second-order valence-electron chi connectivity index (χ2n) is 4.81. The largest absolute Gasteiger partial charge is 0.399 e. The molecule has 0 unspecified atom stereocenters. The summed E-state index contributed by atoms with van der Waals surface area (Å²) in [6.07, 6.45) is 0. The summed E-state index contributed by atoms with van der Waals surface area (Å²) in [7, 11) is 3.74. The van der Waals surface area contributed by atoms with Crippen molar-refractivity contribution in [2.24, 2.45) is 5.16 Å². The van der Waals surface area contributed by atoms with Gasteiger partial charge in [0.15, 0.2) is 0 Å². The van der Waals surface area contributed by atoms with E-state index in [4.69, 9.17) is 16.4 Å². The predicted molar refractivity (Wildman–Crippen MR) is 78.9 cm³/mol. The van der Waals surface area contributed by atoms with Gasteiger partial charge in [0, 0.05) is 43.3 Å². The maximum atomic E-state index is 5.91. The van der Waals surface area contributed by atoms with Crippen molar-refractivity contribution < 1.29 is 4.84 Å². The van der Waals surface area contributed by atoms with Gasteiger partial charge in [-0.15, -0.1) is 0 Å². The lowest BCUT2D eigenvalue weighted by Gasteiger charge is -2.32. The first-order valence-corrected chi connectivity index (χ1v) is 6.83. The average molecular weight is 282 g/mol. The van der Waals surface area contributed by atoms with Crippen LogP contribution in [0.5, 0.6) is 0 Å². The number of oxime groups is 1. The Hall–Kier alpha value is -1.10. The number of rotatable bonds is 4. The van der Waals surface area contributed by atoms with Crippen molar-refractivity contribution in [1.29, 1.82) is 0 Å². The van der Waals surface area contributed by atoms with Crippen LogP contribution in [0.15, 0.2) is 29.4 Å². The van der Waals surface area contributed by atoms with Crippen molar-refractivity contribution in [1.82, 2.24) is 9.80 Å². The van der Waals surface area contributed by atoms with Gasteiger partial charge in [0.25, 0.3) is 0 Å². The van der Waals surface area contributed by atoms with Crippen molar-refractivity contribution in [3.05, 3.63) is 34.9 Å². The van der Waals surface area contributed by atoms with Crippen LogP contribution in [0.4, 0.5) is 0 Å². The molecule has 0 atom stereocenters. The minimum absolute atomic E-state index is 0.736. The van der Waals surface area contributed by atoms with Gasteiger partial charge in [0.05, 0.1) is 0 Å². The number of piperazine rings is 1. The van der Waals surface area contributed by atoms with Crippen molar-refractivity contribution in [2.45, 2.75) is 0 Å². The Labute approximate surface area is 119 Å². The topological polar surface area (TPSA) is 28.1 Å². The Morgan fingerprint density at radius 3 is 2.42 bits per heavy atom. The Morgan fingerprint density at radius 2 is 1.84 bits per heavy atom. The lowest BCUT2D eigenvalue weighted by atomic mass is 10.1. The number of hydrogen-bond donors (Lipinski definition) is 0. The molecule has 0 aliphatic carbocycles. The molecule has 1 saturated heterocycles. The van der Waals surface area contributed by atoms with Crippen molar-refractivity contribution in [3.8, 4) is 0 Å². The molecule has 0 radical (unpaired) electrons. The normalized spacial score (nSPS) is 18.6. The highest BCUT2D eigenvalue weighted by Crippen LogP contribution is 2.12. The maximum absolute atomic E-state index is 5.91. The molecular weight excluding hydrogens is 262 g/mol. The Morgan fingerprint density at radius 1 is 1.21 bits per heavy atom. The lowest BCUT2D eigenvalue weighted by Crippen LogP contribution is -2.46. The molecule has 0 amide bonds. The third-order valence-corrected chi connectivity index (χ3v) is 3.60. The van der Waals surface area contributed by atoms with Crippen LogP contribution in [0.1, 0.15) is 5.56 Å². The van der Waals surface area contributed by atoms with Crippen LogP contribution in [0, 0.1) is 0 Å². The van der Waals surface area contributed by atoms with E-state index in [9.17, 15) is 0 Å². The first-order valence-electron chi connectivity index (χ1n) is 6.46. The third-order valence-electron chi connectivity index (χ3n) is 3.35. The molecule has 1 aliphatic rings. The summed E-state index contributed by atoms with van der Waals surface area (Å²) in [6.45, 7) is 5.13. The smallest absolute Gasteiger partial charge is 0.106 e. The molecule has 1 fully saturated rings. The van der Waals surface area contributed by atoms with E-state index in [1.807, 2.05) is 24.3 Å². The highest BCUT2D eigenvalue weighted by atomic mass is 35.5. The van der Waals surface area contributed by atoms with Gasteiger partial charge < -0.3 is 9.74 Å². The average Bonchev–Trinajstić information content (AvgIpc) is 2.42. The molecule has 2 rings (SSSR count). The van der Waals surface area contributed by atoms with E-state index >= 15 is 0 Å². The van der Waals surface area contributed by atoms with E-state index in [-0.39, 0.29) is 0 Å². The highest BCUT2D eigenvalue weighted by molar-refractivity contribution is 6.30. The quantitative estimate of drug-likeness (QED) is 0.624. The first kappa shape index (κ1) is 14.3. The second-order valence-corrected chi connectivity index (χ2v) is 5.24. The van der Waals surface area contributed by atoms with Crippen LogP contribution in [0.25, 0.3) is 0 Å².